The molecule has 3 heterocycles. The summed E-state index contributed by atoms with van der Waals surface area (Å²) in [5.41, 5.74) is 8.88. The maximum Gasteiger partial charge on any atom is 0.148 e. The van der Waals surface area contributed by atoms with E-state index in [2.05, 4.69) is 22.0 Å². The highest BCUT2D eigenvalue weighted by atomic mass is 32.1. The van der Waals surface area contributed by atoms with Gasteiger partial charge in [-0.05, 0) is 39.2 Å². The minimum absolute atomic E-state index is 0.392. The van der Waals surface area contributed by atoms with Crippen LogP contribution in [0.3, 0.4) is 0 Å². The lowest BCUT2D eigenvalue weighted by molar-refractivity contribution is 0.000509. The van der Waals surface area contributed by atoms with Crippen molar-refractivity contribution >= 4 is 27.2 Å². The first-order chi connectivity index (χ1) is 9.50. The van der Waals surface area contributed by atoms with Crippen LogP contribution in [0.4, 0.5) is 5.69 Å². The van der Waals surface area contributed by atoms with Gasteiger partial charge in [-0.3, -0.25) is 4.90 Å². The second-order valence-corrected chi connectivity index (χ2v) is 6.60. The van der Waals surface area contributed by atoms with Gasteiger partial charge in [-0.2, -0.15) is 5.10 Å². The van der Waals surface area contributed by atoms with Crippen molar-refractivity contribution in [2.24, 2.45) is 0 Å². The molecule has 0 amide bonds. The molecule has 1 fully saturated rings. The number of likely N-dealkylation sites (tertiary alicyclic amines) is 1. The summed E-state index contributed by atoms with van der Waals surface area (Å²) in [5, 5.41) is 19.9. The summed E-state index contributed by atoms with van der Waals surface area (Å²) in [4.78, 5) is 3.72. The molecule has 108 valence electrons. The minimum Gasteiger partial charge on any atom is -0.397 e. The van der Waals surface area contributed by atoms with E-state index in [0.29, 0.717) is 11.7 Å². The summed E-state index contributed by atoms with van der Waals surface area (Å²) in [6.45, 7) is 7.00. The number of aromatic nitrogens is 2. The Morgan fingerprint density at radius 3 is 2.80 bits per heavy atom. The number of nitrogens with two attached hydrogens (primary N) is 1. The van der Waals surface area contributed by atoms with Crippen molar-refractivity contribution in [3.8, 4) is 0 Å². The molecule has 2 atom stereocenters. The van der Waals surface area contributed by atoms with Gasteiger partial charge in [-0.15, -0.1) is 16.4 Å². The molecule has 2 aromatic rings. The number of aryl methyl sites for hydroxylation is 2. The molecule has 1 unspecified atom stereocenters. The fourth-order valence-electron chi connectivity index (χ4n) is 2.92. The van der Waals surface area contributed by atoms with Crippen molar-refractivity contribution in [3.63, 3.8) is 0 Å². The molecular weight excluding hydrogens is 272 g/mol. The van der Waals surface area contributed by atoms with Crippen molar-refractivity contribution in [1.29, 1.82) is 0 Å². The fourth-order valence-corrected chi connectivity index (χ4v) is 4.03. The SMILES string of the molecule is Cc1nnc2sc(C(O)N3CCC[C@H]3C)c(N)c2c1C. The van der Waals surface area contributed by atoms with Crippen LogP contribution in [0.1, 0.15) is 42.1 Å². The Morgan fingerprint density at radius 1 is 1.40 bits per heavy atom. The van der Waals surface area contributed by atoms with Crippen LogP contribution in [0.2, 0.25) is 0 Å². The van der Waals surface area contributed by atoms with E-state index in [1.807, 2.05) is 13.8 Å². The van der Waals surface area contributed by atoms with Crippen molar-refractivity contribution in [2.45, 2.75) is 45.9 Å². The molecule has 0 saturated carbocycles. The third kappa shape index (κ3) is 1.99. The third-order valence-corrected chi connectivity index (χ3v) is 5.45. The maximum atomic E-state index is 10.6. The van der Waals surface area contributed by atoms with Crippen LogP contribution < -0.4 is 5.73 Å². The molecule has 1 saturated heterocycles. The highest BCUT2D eigenvalue weighted by Crippen LogP contribution is 2.40. The van der Waals surface area contributed by atoms with Crippen LogP contribution in [-0.2, 0) is 0 Å². The van der Waals surface area contributed by atoms with Gasteiger partial charge in [-0.25, -0.2) is 0 Å². The van der Waals surface area contributed by atoms with Crippen LogP contribution in [0.5, 0.6) is 0 Å². The first kappa shape index (κ1) is 13.7. The first-order valence-corrected chi connectivity index (χ1v) is 7.78. The molecule has 5 nitrogen and oxygen atoms in total. The third-order valence-electron chi connectivity index (χ3n) is 4.32. The summed E-state index contributed by atoms with van der Waals surface area (Å²) in [5.74, 6) is 0. The van der Waals surface area contributed by atoms with Gasteiger partial charge >= 0.3 is 0 Å². The van der Waals surface area contributed by atoms with Gasteiger partial charge in [0.05, 0.1) is 16.3 Å². The molecule has 1 aliphatic rings. The number of hydrogen-bond donors (Lipinski definition) is 2. The second-order valence-electron chi connectivity index (χ2n) is 5.57. The van der Waals surface area contributed by atoms with E-state index in [4.69, 9.17) is 5.73 Å². The quantitative estimate of drug-likeness (QED) is 0.888. The largest absolute Gasteiger partial charge is 0.397 e. The maximum absolute atomic E-state index is 10.6. The van der Waals surface area contributed by atoms with Gasteiger partial charge in [0.2, 0.25) is 0 Å². The van der Waals surface area contributed by atoms with Crippen molar-refractivity contribution < 1.29 is 5.11 Å². The van der Waals surface area contributed by atoms with E-state index in [0.717, 1.165) is 45.7 Å². The Labute approximate surface area is 122 Å². The topological polar surface area (TPSA) is 75.3 Å². The number of rotatable bonds is 2. The van der Waals surface area contributed by atoms with E-state index >= 15 is 0 Å². The lowest BCUT2D eigenvalue weighted by Gasteiger charge is -2.26. The number of thiophene rings is 1. The zero-order valence-corrected chi connectivity index (χ0v) is 12.9. The van der Waals surface area contributed by atoms with Crippen LogP contribution in [0, 0.1) is 13.8 Å². The number of nitrogens with zero attached hydrogens (tertiary/aromatic N) is 3. The number of aliphatic hydroxyl groups excluding tert-OH is 1. The average molecular weight is 292 g/mol. The van der Waals surface area contributed by atoms with Gasteiger partial charge in [0, 0.05) is 18.0 Å². The molecule has 3 N–H and O–H groups in total. The van der Waals surface area contributed by atoms with E-state index in [9.17, 15) is 5.11 Å². The van der Waals surface area contributed by atoms with Crippen LogP contribution in [0.15, 0.2) is 0 Å². The van der Waals surface area contributed by atoms with Gasteiger partial charge in [-0.1, -0.05) is 0 Å². The molecule has 20 heavy (non-hydrogen) atoms. The molecule has 0 aliphatic carbocycles. The first-order valence-electron chi connectivity index (χ1n) is 6.96. The molecule has 0 bridgehead atoms. The van der Waals surface area contributed by atoms with Crippen LogP contribution >= 0.6 is 11.3 Å². The standard InChI is InChI=1S/C14H20N4OS/c1-7-5-4-6-18(7)14(19)12-11(15)10-8(2)9(3)16-17-13(10)20-12/h7,14,19H,4-6,15H2,1-3H3/t7-,14?/m1/s1. The molecular formula is C14H20N4OS. The summed E-state index contributed by atoms with van der Waals surface area (Å²) in [7, 11) is 0. The van der Waals surface area contributed by atoms with Crippen molar-refractivity contribution in [3.05, 3.63) is 16.1 Å². The molecule has 1 aliphatic heterocycles. The van der Waals surface area contributed by atoms with Crippen LogP contribution in [0.25, 0.3) is 10.2 Å². The molecule has 0 spiro atoms. The average Bonchev–Trinajstić information content (AvgIpc) is 2.98. The summed E-state index contributed by atoms with van der Waals surface area (Å²) in [6, 6.07) is 0.392. The Bertz CT molecular complexity index is 654. The molecule has 6 heteroatoms. The smallest absolute Gasteiger partial charge is 0.148 e. The van der Waals surface area contributed by atoms with Crippen LogP contribution in [-0.4, -0.2) is 32.8 Å². The fraction of sp³-hybridized carbons (Fsp3) is 0.571. The summed E-state index contributed by atoms with van der Waals surface area (Å²) >= 11 is 1.45. The number of nitrogen functional groups attached to an aromatic ring is 1. The molecule has 0 radical (unpaired) electrons. The van der Waals surface area contributed by atoms with Gasteiger partial charge < -0.3 is 10.8 Å². The van der Waals surface area contributed by atoms with Gasteiger partial charge in [0.25, 0.3) is 0 Å². The zero-order chi connectivity index (χ0) is 14.4. The van der Waals surface area contributed by atoms with E-state index in [1.54, 1.807) is 0 Å². The van der Waals surface area contributed by atoms with Gasteiger partial charge in [0.15, 0.2) is 0 Å². The molecule has 2 aromatic heterocycles. The van der Waals surface area contributed by atoms with Crippen molar-refractivity contribution in [2.75, 3.05) is 12.3 Å². The summed E-state index contributed by atoms with van der Waals surface area (Å²) < 4.78 is 0. The number of anilines is 1. The predicted molar refractivity (Wildman–Crippen MR) is 81.7 cm³/mol. The van der Waals surface area contributed by atoms with E-state index < -0.39 is 6.23 Å². The van der Waals surface area contributed by atoms with Crippen molar-refractivity contribution in [1.82, 2.24) is 15.1 Å². The summed E-state index contributed by atoms with van der Waals surface area (Å²) in [6.07, 6.45) is 1.62. The number of aliphatic hydroxyl groups is 1. The van der Waals surface area contributed by atoms with Gasteiger partial charge in [0.1, 0.15) is 11.1 Å². The Hall–Kier alpha value is -1.24. The molecule has 3 rings (SSSR count). The lowest BCUT2D eigenvalue weighted by Crippen LogP contribution is -2.31. The number of hydrogen-bond acceptors (Lipinski definition) is 6. The van der Waals surface area contributed by atoms with E-state index in [-0.39, 0.29) is 0 Å². The Kier molecular flexibility index (Phi) is 3.40. The lowest BCUT2D eigenvalue weighted by atomic mass is 10.1. The predicted octanol–water partition coefficient (Wildman–Crippen LogP) is 2.37. The monoisotopic (exact) mass is 292 g/mol. The minimum atomic E-state index is -0.633. The second kappa shape index (κ2) is 4.95. The molecule has 0 aromatic carbocycles. The number of fused-ring (bicyclic) bond motifs is 1. The Balaban J connectivity index is 2.08. The van der Waals surface area contributed by atoms with E-state index in [1.165, 1.54) is 11.3 Å². The normalized spacial score (nSPS) is 21.7. The highest BCUT2D eigenvalue weighted by molar-refractivity contribution is 7.19. The Morgan fingerprint density at radius 2 is 2.15 bits per heavy atom. The highest BCUT2D eigenvalue weighted by Gasteiger charge is 2.30. The zero-order valence-electron chi connectivity index (χ0n) is 12.1.